The van der Waals surface area contributed by atoms with Crippen LogP contribution in [0.3, 0.4) is 0 Å². The molecule has 0 radical (unpaired) electrons. The molecular weight excluding hydrogens is 392 g/mol. The lowest BCUT2D eigenvalue weighted by molar-refractivity contribution is 0.322. The van der Waals surface area contributed by atoms with Gasteiger partial charge in [0.15, 0.2) is 11.6 Å². The third-order valence-electron chi connectivity index (χ3n) is 5.36. The van der Waals surface area contributed by atoms with E-state index in [1.165, 1.54) is 0 Å². The number of allylic oxidation sites excluding steroid dienone is 4. The van der Waals surface area contributed by atoms with Gasteiger partial charge in [0.25, 0.3) is 0 Å². The molecule has 1 atom stereocenters. The minimum absolute atomic E-state index is 0.0536. The summed E-state index contributed by atoms with van der Waals surface area (Å²) in [5, 5.41) is 11.0. The summed E-state index contributed by atoms with van der Waals surface area (Å²) in [6.45, 7) is 8.39. The molecule has 0 aromatic carbocycles. The van der Waals surface area contributed by atoms with Crippen molar-refractivity contribution >= 4 is 11.8 Å². The average Bonchev–Trinajstić information content (AvgIpc) is 2.82. The molecule has 0 bridgehead atoms. The molecule has 0 fully saturated rings. The van der Waals surface area contributed by atoms with Gasteiger partial charge in [-0.25, -0.2) is 9.97 Å². The number of hydrazone groups is 1. The number of rotatable bonds is 9. The van der Waals surface area contributed by atoms with E-state index in [1.807, 2.05) is 18.1 Å². The number of methoxy groups -OCH3 is 1. The van der Waals surface area contributed by atoms with Gasteiger partial charge in [-0.3, -0.25) is 14.5 Å². The Hall–Kier alpha value is -3.29. The molecule has 1 unspecified atom stereocenters. The number of ether oxygens (including phenoxy) is 1. The van der Waals surface area contributed by atoms with Crippen molar-refractivity contribution < 1.29 is 4.74 Å². The van der Waals surface area contributed by atoms with E-state index in [-0.39, 0.29) is 11.3 Å². The van der Waals surface area contributed by atoms with Crippen molar-refractivity contribution in [2.75, 3.05) is 20.2 Å². The van der Waals surface area contributed by atoms with E-state index >= 15 is 0 Å². The highest BCUT2D eigenvalue weighted by Gasteiger charge is 2.20. The smallest absolute Gasteiger partial charge is 0.203 e. The molecule has 164 valence electrons. The van der Waals surface area contributed by atoms with Crippen molar-refractivity contribution in [2.45, 2.75) is 46.1 Å². The van der Waals surface area contributed by atoms with Gasteiger partial charge < -0.3 is 4.74 Å². The zero-order valence-electron chi connectivity index (χ0n) is 18.7. The average molecular weight is 423 g/mol. The first kappa shape index (κ1) is 22.4. The fourth-order valence-electron chi connectivity index (χ4n) is 3.45. The van der Waals surface area contributed by atoms with Crippen LogP contribution in [0, 0.1) is 0 Å². The summed E-state index contributed by atoms with van der Waals surface area (Å²) in [5.74, 6) is 1.18. The Balaban J connectivity index is 1.79. The Morgan fingerprint density at radius 3 is 2.71 bits per heavy atom. The Bertz CT molecular complexity index is 1020. The lowest BCUT2D eigenvalue weighted by Gasteiger charge is -2.19. The van der Waals surface area contributed by atoms with Crippen LogP contribution in [0.25, 0.3) is 5.57 Å². The van der Waals surface area contributed by atoms with Crippen molar-refractivity contribution in [3.8, 4) is 5.75 Å². The molecule has 0 spiro atoms. The first-order valence-corrected chi connectivity index (χ1v) is 10.7. The number of aromatic nitrogens is 4. The summed E-state index contributed by atoms with van der Waals surface area (Å²) in [6.07, 6.45) is 12.8. The maximum Gasteiger partial charge on any atom is 0.203 e. The van der Waals surface area contributed by atoms with Gasteiger partial charge >= 0.3 is 0 Å². The minimum atomic E-state index is -0.0957. The normalized spacial score (nSPS) is 14.8. The predicted molar refractivity (Wildman–Crippen MR) is 122 cm³/mol. The summed E-state index contributed by atoms with van der Waals surface area (Å²) in [6, 6.07) is 1.58. The van der Waals surface area contributed by atoms with Gasteiger partial charge in [0.1, 0.15) is 5.69 Å². The summed E-state index contributed by atoms with van der Waals surface area (Å²) < 4.78 is 6.89. The van der Waals surface area contributed by atoms with Crippen LogP contribution in [0.5, 0.6) is 5.75 Å². The van der Waals surface area contributed by atoms with Crippen molar-refractivity contribution in [1.29, 1.82) is 0 Å². The second kappa shape index (κ2) is 10.7. The molecule has 0 aliphatic heterocycles. The quantitative estimate of drug-likeness (QED) is 0.455. The first-order valence-electron chi connectivity index (χ1n) is 10.7. The standard InChI is InChI=1S/C23H30N6O2/c1-5-28(6-2)26-11-13-29-12-10-21(30)22(27-29)17(3)18-8-7-9-19(14-18)23-24-15-20(31-4)16-25-23/h9-12,14-17H,5-8,13H2,1-4H3/b26-11-. The summed E-state index contributed by atoms with van der Waals surface area (Å²) in [7, 11) is 1.59. The highest BCUT2D eigenvalue weighted by molar-refractivity contribution is 5.72. The number of hydrogen-bond donors (Lipinski definition) is 0. The van der Waals surface area contributed by atoms with Gasteiger partial charge in [-0.1, -0.05) is 24.6 Å². The molecule has 2 heterocycles. The zero-order chi connectivity index (χ0) is 22.2. The maximum absolute atomic E-state index is 12.6. The van der Waals surface area contributed by atoms with E-state index < -0.39 is 0 Å². The fraction of sp³-hybridized carbons (Fsp3) is 0.435. The van der Waals surface area contributed by atoms with Crippen LogP contribution < -0.4 is 10.2 Å². The van der Waals surface area contributed by atoms with Crippen LogP contribution in [-0.4, -0.2) is 51.2 Å². The van der Waals surface area contributed by atoms with Crippen molar-refractivity contribution in [1.82, 2.24) is 24.8 Å². The first-order chi connectivity index (χ1) is 15.0. The molecule has 2 aromatic rings. The van der Waals surface area contributed by atoms with E-state index in [9.17, 15) is 4.79 Å². The molecular formula is C23H30N6O2. The molecule has 8 heteroatoms. The predicted octanol–water partition coefficient (Wildman–Crippen LogP) is 3.28. The summed E-state index contributed by atoms with van der Waals surface area (Å²) in [5.41, 5.74) is 2.60. The third-order valence-corrected chi connectivity index (χ3v) is 5.36. The van der Waals surface area contributed by atoms with E-state index in [0.29, 0.717) is 23.8 Å². The Kier molecular flexibility index (Phi) is 7.70. The molecule has 0 saturated heterocycles. The van der Waals surface area contributed by atoms with Crippen molar-refractivity contribution in [3.63, 3.8) is 0 Å². The fourth-order valence-corrected chi connectivity index (χ4v) is 3.45. The molecule has 0 saturated carbocycles. The van der Waals surface area contributed by atoms with Crippen LogP contribution in [0.1, 0.15) is 51.0 Å². The molecule has 1 aliphatic carbocycles. The SMILES string of the molecule is CCN(CC)/N=C\Cn1ccc(=O)c(C(C)C2=CC(c3ncc(OC)cn3)=CCC2)n1. The molecule has 31 heavy (non-hydrogen) atoms. The summed E-state index contributed by atoms with van der Waals surface area (Å²) in [4.78, 5) is 21.3. The van der Waals surface area contributed by atoms with Gasteiger partial charge in [-0.15, -0.1) is 0 Å². The van der Waals surface area contributed by atoms with E-state index in [2.05, 4.69) is 46.2 Å². The molecule has 3 rings (SSSR count). The van der Waals surface area contributed by atoms with Crippen LogP contribution >= 0.6 is 0 Å². The second-order valence-electron chi connectivity index (χ2n) is 7.31. The van der Waals surface area contributed by atoms with Crippen LogP contribution in [0.2, 0.25) is 0 Å². The van der Waals surface area contributed by atoms with E-state index in [0.717, 1.165) is 37.1 Å². The maximum atomic E-state index is 12.6. The lowest BCUT2D eigenvalue weighted by Crippen LogP contribution is -2.21. The second-order valence-corrected chi connectivity index (χ2v) is 7.31. The van der Waals surface area contributed by atoms with Crippen LogP contribution in [0.4, 0.5) is 0 Å². The molecule has 8 nitrogen and oxygen atoms in total. The minimum Gasteiger partial charge on any atom is -0.494 e. The molecule has 0 N–H and O–H groups in total. The van der Waals surface area contributed by atoms with Gasteiger partial charge in [0.05, 0.1) is 26.0 Å². The summed E-state index contributed by atoms with van der Waals surface area (Å²) >= 11 is 0. The van der Waals surface area contributed by atoms with Gasteiger partial charge in [-0.2, -0.15) is 10.2 Å². The Labute approximate surface area is 183 Å². The number of hydrogen-bond acceptors (Lipinski definition) is 7. The highest BCUT2D eigenvalue weighted by Crippen LogP contribution is 2.31. The van der Waals surface area contributed by atoms with Crippen molar-refractivity contribution in [3.05, 3.63) is 64.1 Å². The molecule has 0 amide bonds. The Morgan fingerprint density at radius 2 is 2.03 bits per heavy atom. The lowest BCUT2D eigenvalue weighted by atomic mass is 9.88. The van der Waals surface area contributed by atoms with E-state index in [1.54, 1.807) is 36.4 Å². The van der Waals surface area contributed by atoms with Gasteiger partial charge in [0, 0.05) is 43.1 Å². The van der Waals surface area contributed by atoms with Crippen LogP contribution in [0.15, 0.2) is 52.3 Å². The zero-order valence-corrected chi connectivity index (χ0v) is 18.7. The monoisotopic (exact) mass is 422 g/mol. The highest BCUT2D eigenvalue weighted by atomic mass is 16.5. The van der Waals surface area contributed by atoms with E-state index in [4.69, 9.17) is 4.74 Å². The third kappa shape index (κ3) is 5.65. The van der Waals surface area contributed by atoms with Gasteiger partial charge in [-0.05, 0) is 26.7 Å². The molecule has 2 aromatic heterocycles. The topological polar surface area (TPSA) is 85.5 Å². The molecule has 1 aliphatic rings. The largest absolute Gasteiger partial charge is 0.494 e. The Morgan fingerprint density at radius 1 is 1.29 bits per heavy atom. The van der Waals surface area contributed by atoms with Crippen molar-refractivity contribution in [2.24, 2.45) is 5.10 Å². The number of nitrogens with zero attached hydrogens (tertiary/aromatic N) is 6. The van der Waals surface area contributed by atoms with Gasteiger partial charge in [0.2, 0.25) is 5.43 Å². The van der Waals surface area contributed by atoms with Crippen LogP contribution in [-0.2, 0) is 6.54 Å².